The minimum atomic E-state index is -0.101. The molecule has 2 rings (SSSR count). The van der Waals surface area contributed by atoms with Crippen LogP contribution < -0.4 is 16.0 Å². The SMILES string of the molecule is N#Cc1ccccc1O[C@H]1CC[C@H](C(=O)NN)CC1. The normalized spacial score (nSPS) is 22.3. The summed E-state index contributed by atoms with van der Waals surface area (Å²) in [4.78, 5) is 11.4. The van der Waals surface area contributed by atoms with Crippen LogP contribution in [0.3, 0.4) is 0 Å². The van der Waals surface area contributed by atoms with E-state index in [2.05, 4.69) is 11.5 Å². The summed E-state index contributed by atoms with van der Waals surface area (Å²) in [5.74, 6) is 5.64. The Morgan fingerprint density at radius 1 is 1.32 bits per heavy atom. The number of hydrogen-bond donors (Lipinski definition) is 2. The van der Waals surface area contributed by atoms with Gasteiger partial charge < -0.3 is 4.74 Å². The number of benzene rings is 1. The molecule has 0 radical (unpaired) electrons. The van der Waals surface area contributed by atoms with Crippen molar-refractivity contribution in [3.05, 3.63) is 29.8 Å². The summed E-state index contributed by atoms with van der Waals surface area (Å²) < 4.78 is 5.85. The standard InChI is InChI=1S/C14H17N3O2/c15-9-11-3-1-2-4-13(11)19-12-7-5-10(6-8-12)14(18)17-16/h1-4,10,12H,5-8,16H2,(H,17,18)/t10-,12-. The Morgan fingerprint density at radius 2 is 2.00 bits per heavy atom. The number of ether oxygens (including phenoxy) is 1. The van der Waals surface area contributed by atoms with Crippen LogP contribution in [-0.2, 0) is 4.79 Å². The quantitative estimate of drug-likeness (QED) is 0.489. The topological polar surface area (TPSA) is 88.1 Å². The van der Waals surface area contributed by atoms with Crippen LogP contribution in [0.4, 0.5) is 0 Å². The van der Waals surface area contributed by atoms with Crippen molar-refractivity contribution in [2.24, 2.45) is 11.8 Å². The molecule has 1 fully saturated rings. The Kier molecular flexibility index (Phi) is 4.37. The number of rotatable bonds is 3. The number of carbonyl (C=O) groups is 1. The fourth-order valence-electron chi connectivity index (χ4n) is 2.40. The Bertz CT molecular complexity index is 488. The van der Waals surface area contributed by atoms with Gasteiger partial charge in [-0.05, 0) is 37.8 Å². The van der Waals surface area contributed by atoms with Crippen LogP contribution in [0.1, 0.15) is 31.2 Å². The van der Waals surface area contributed by atoms with Crippen LogP contribution in [0.2, 0.25) is 0 Å². The molecule has 1 amide bonds. The van der Waals surface area contributed by atoms with Crippen LogP contribution in [0.25, 0.3) is 0 Å². The van der Waals surface area contributed by atoms with E-state index < -0.39 is 0 Å². The fourth-order valence-corrected chi connectivity index (χ4v) is 2.40. The number of amides is 1. The average Bonchev–Trinajstić information content (AvgIpc) is 2.48. The average molecular weight is 259 g/mol. The summed E-state index contributed by atoms with van der Waals surface area (Å²) in [5.41, 5.74) is 2.74. The van der Waals surface area contributed by atoms with E-state index in [1.807, 2.05) is 12.1 Å². The van der Waals surface area contributed by atoms with Crippen molar-refractivity contribution in [3.8, 4) is 11.8 Å². The Balaban J connectivity index is 1.93. The smallest absolute Gasteiger partial charge is 0.236 e. The molecule has 0 atom stereocenters. The molecule has 0 unspecified atom stereocenters. The number of carbonyl (C=O) groups excluding carboxylic acids is 1. The van der Waals surface area contributed by atoms with Gasteiger partial charge >= 0.3 is 0 Å². The molecule has 0 spiro atoms. The maximum Gasteiger partial charge on any atom is 0.236 e. The maximum absolute atomic E-state index is 11.4. The number of hydrogen-bond acceptors (Lipinski definition) is 4. The van der Waals surface area contributed by atoms with Gasteiger partial charge in [-0.25, -0.2) is 5.84 Å². The largest absolute Gasteiger partial charge is 0.489 e. The number of nitriles is 1. The van der Waals surface area contributed by atoms with E-state index in [1.165, 1.54) is 0 Å². The molecule has 5 heteroatoms. The first-order valence-electron chi connectivity index (χ1n) is 6.41. The van der Waals surface area contributed by atoms with E-state index in [0.29, 0.717) is 11.3 Å². The minimum absolute atomic E-state index is 0.0175. The number of hydrazine groups is 1. The highest BCUT2D eigenvalue weighted by molar-refractivity contribution is 5.78. The van der Waals surface area contributed by atoms with E-state index in [-0.39, 0.29) is 17.9 Å². The predicted octanol–water partition coefficient (Wildman–Crippen LogP) is 1.49. The first-order chi connectivity index (χ1) is 9.24. The van der Waals surface area contributed by atoms with Gasteiger partial charge in [0.2, 0.25) is 5.91 Å². The van der Waals surface area contributed by atoms with Crippen LogP contribution in [0.5, 0.6) is 5.75 Å². The molecule has 5 nitrogen and oxygen atoms in total. The van der Waals surface area contributed by atoms with E-state index in [0.717, 1.165) is 25.7 Å². The molecule has 1 aromatic carbocycles. The lowest BCUT2D eigenvalue weighted by molar-refractivity contribution is -0.126. The third-order valence-corrected chi connectivity index (χ3v) is 3.49. The molecule has 0 aliphatic heterocycles. The molecular weight excluding hydrogens is 242 g/mol. The van der Waals surface area contributed by atoms with Crippen molar-refractivity contribution in [3.63, 3.8) is 0 Å². The number of nitrogens with one attached hydrogen (secondary N) is 1. The number of nitrogens with two attached hydrogens (primary N) is 1. The first kappa shape index (κ1) is 13.4. The Labute approximate surface area is 112 Å². The van der Waals surface area contributed by atoms with Crippen molar-refractivity contribution in [2.75, 3.05) is 0 Å². The molecule has 19 heavy (non-hydrogen) atoms. The zero-order valence-electron chi connectivity index (χ0n) is 10.6. The molecule has 100 valence electrons. The highest BCUT2D eigenvalue weighted by atomic mass is 16.5. The Morgan fingerprint density at radius 3 is 2.63 bits per heavy atom. The molecule has 0 aromatic heterocycles. The van der Waals surface area contributed by atoms with Crippen molar-refractivity contribution in [1.82, 2.24) is 5.43 Å². The van der Waals surface area contributed by atoms with Crippen molar-refractivity contribution in [2.45, 2.75) is 31.8 Å². The molecule has 1 aliphatic carbocycles. The summed E-state index contributed by atoms with van der Waals surface area (Å²) in [5, 5.41) is 9.00. The van der Waals surface area contributed by atoms with Gasteiger partial charge in [0.1, 0.15) is 11.8 Å². The molecule has 0 heterocycles. The summed E-state index contributed by atoms with van der Waals surface area (Å²) in [7, 11) is 0. The molecule has 3 N–H and O–H groups in total. The summed E-state index contributed by atoms with van der Waals surface area (Å²) >= 11 is 0. The van der Waals surface area contributed by atoms with Gasteiger partial charge in [0.15, 0.2) is 0 Å². The number of nitrogens with zero attached hydrogens (tertiary/aromatic N) is 1. The maximum atomic E-state index is 11.4. The zero-order chi connectivity index (χ0) is 13.7. The van der Waals surface area contributed by atoms with Gasteiger partial charge in [0.25, 0.3) is 0 Å². The summed E-state index contributed by atoms with van der Waals surface area (Å²) in [6, 6.07) is 9.32. The third-order valence-electron chi connectivity index (χ3n) is 3.49. The van der Waals surface area contributed by atoms with Gasteiger partial charge in [0, 0.05) is 5.92 Å². The lowest BCUT2D eigenvalue weighted by atomic mass is 9.87. The fraction of sp³-hybridized carbons (Fsp3) is 0.429. The number of para-hydroxylation sites is 1. The van der Waals surface area contributed by atoms with Crippen LogP contribution >= 0.6 is 0 Å². The van der Waals surface area contributed by atoms with E-state index in [9.17, 15) is 4.79 Å². The van der Waals surface area contributed by atoms with Gasteiger partial charge in [-0.1, -0.05) is 12.1 Å². The summed E-state index contributed by atoms with van der Waals surface area (Å²) in [6.45, 7) is 0. The van der Waals surface area contributed by atoms with Crippen molar-refractivity contribution < 1.29 is 9.53 Å². The lowest BCUT2D eigenvalue weighted by Crippen LogP contribution is -2.38. The molecular formula is C14H17N3O2. The Hall–Kier alpha value is -2.06. The first-order valence-corrected chi connectivity index (χ1v) is 6.41. The second-order valence-corrected chi connectivity index (χ2v) is 4.71. The minimum Gasteiger partial charge on any atom is -0.489 e. The highest BCUT2D eigenvalue weighted by Gasteiger charge is 2.27. The zero-order valence-corrected chi connectivity index (χ0v) is 10.6. The van der Waals surface area contributed by atoms with E-state index >= 15 is 0 Å². The molecule has 0 bridgehead atoms. The van der Waals surface area contributed by atoms with Crippen molar-refractivity contribution >= 4 is 5.91 Å². The molecule has 1 aliphatic rings. The monoisotopic (exact) mass is 259 g/mol. The van der Waals surface area contributed by atoms with Gasteiger partial charge in [0.05, 0.1) is 11.7 Å². The van der Waals surface area contributed by atoms with E-state index in [4.69, 9.17) is 15.8 Å². The third kappa shape index (κ3) is 3.24. The van der Waals surface area contributed by atoms with Crippen molar-refractivity contribution in [1.29, 1.82) is 5.26 Å². The van der Waals surface area contributed by atoms with Gasteiger partial charge in [-0.15, -0.1) is 0 Å². The van der Waals surface area contributed by atoms with Gasteiger partial charge in [-0.2, -0.15) is 5.26 Å². The molecule has 0 saturated heterocycles. The van der Waals surface area contributed by atoms with Crippen LogP contribution in [-0.4, -0.2) is 12.0 Å². The second-order valence-electron chi connectivity index (χ2n) is 4.71. The molecule has 1 aromatic rings. The lowest BCUT2D eigenvalue weighted by Gasteiger charge is -2.28. The van der Waals surface area contributed by atoms with Crippen LogP contribution in [0, 0.1) is 17.2 Å². The molecule has 1 saturated carbocycles. The predicted molar refractivity (Wildman–Crippen MR) is 69.9 cm³/mol. The highest BCUT2D eigenvalue weighted by Crippen LogP contribution is 2.28. The van der Waals surface area contributed by atoms with Crippen LogP contribution in [0.15, 0.2) is 24.3 Å². The second kappa shape index (κ2) is 6.21. The summed E-state index contributed by atoms with van der Waals surface area (Å²) in [6.07, 6.45) is 3.21. The van der Waals surface area contributed by atoms with Gasteiger partial charge in [-0.3, -0.25) is 10.2 Å². The van der Waals surface area contributed by atoms with E-state index in [1.54, 1.807) is 12.1 Å².